The van der Waals surface area contributed by atoms with E-state index in [4.69, 9.17) is 0 Å². The van der Waals surface area contributed by atoms with Gasteiger partial charge in [0.05, 0.1) is 0 Å². The molecule has 0 amide bonds. The van der Waals surface area contributed by atoms with Crippen molar-refractivity contribution < 1.29 is 26.7 Å². The van der Waals surface area contributed by atoms with E-state index < -0.39 is 34.8 Å². The fraction of sp³-hybridized carbons (Fsp3) is 0.143. The summed E-state index contributed by atoms with van der Waals surface area (Å²) in [5, 5.41) is 2.86. The van der Waals surface area contributed by atoms with E-state index >= 15 is 0 Å². The van der Waals surface area contributed by atoms with E-state index in [1.165, 1.54) is 0 Å². The maximum Gasteiger partial charge on any atom is 0.206 e. The van der Waals surface area contributed by atoms with Crippen LogP contribution in [0.1, 0.15) is 0 Å². The van der Waals surface area contributed by atoms with Crippen LogP contribution in [0.25, 0.3) is 0 Å². The Hall–Kier alpha value is -2.31. The summed E-state index contributed by atoms with van der Waals surface area (Å²) in [6.45, 7) is -0.142. The molecule has 0 aromatic heterocycles. The van der Waals surface area contributed by atoms with Crippen molar-refractivity contribution in [2.24, 2.45) is 0 Å². The third kappa shape index (κ3) is 3.24. The van der Waals surface area contributed by atoms with E-state index in [1.807, 2.05) is 0 Å². The summed E-state index contributed by atoms with van der Waals surface area (Å²) in [6.07, 6.45) is 0. The number of hydrogen-bond acceptors (Lipinski definition) is 2. The maximum absolute atomic E-state index is 13.3. The Morgan fingerprint density at radius 3 is 1.86 bits per heavy atom. The van der Waals surface area contributed by atoms with Gasteiger partial charge >= 0.3 is 0 Å². The van der Waals surface area contributed by atoms with Crippen molar-refractivity contribution in [3.63, 3.8) is 0 Å². The summed E-state index contributed by atoms with van der Waals surface area (Å²) >= 11 is 0. The Morgan fingerprint density at radius 2 is 1.29 bits per heavy atom. The Bertz CT molecular complexity index is 604. The number of nitrogens with one attached hydrogen (secondary N) is 1. The SMILES string of the molecule is Fc1c(F)c(F)c(OCCNc2ccccc2)c(F)c1F. The second-order valence-electron chi connectivity index (χ2n) is 4.04. The molecule has 0 fully saturated rings. The van der Waals surface area contributed by atoms with Gasteiger partial charge in [-0.1, -0.05) is 18.2 Å². The molecule has 0 heterocycles. The molecule has 1 N–H and O–H groups in total. The highest BCUT2D eigenvalue weighted by Crippen LogP contribution is 2.28. The van der Waals surface area contributed by atoms with E-state index in [-0.39, 0.29) is 13.2 Å². The zero-order valence-electron chi connectivity index (χ0n) is 10.6. The summed E-state index contributed by atoms with van der Waals surface area (Å²) in [5.74, 6) is -11.5. The van der Waals surface area contributed by atoms with E-state index in [0.717, 1.165) is 5.69 Å². The number of halogens is 5. The highest BCUT2D eigenvalue weighted by molar-refractivity contribution is 5.42. The monoisotopic (exact) mass is 303 g/mol. The Kier molecular flexibility index (Phi) is 4.62. The molecule has 0 saturated carbocycles. The highest BCUT2D eigenvalue weighted by atomic mass is 19.2. The molecule has 21 heavy (non-hydrogen) atoms. The molecule has 0 spiro atoms. The predicted octanol–water partition coefficient (Wildman–Crippen LogP) is 3.87. The van der Waals surface area contributed by atoms with Crippen molar-refractivity contribution in [2.45, 2.75) is 0 Å². The second-order valence-corrected chi connectivity index (χ2v) is 4.04. The van der Waals surface area contributed by atoms with Crippen molar-refractivity contribution in [2.75, 3.05) is 18.5 Å². The Morgan fingerprint density at radius 1 is 0.762 bits per heavy atom. The van der Waals surface area contributed by atoms with Crippen molar-refractivity contribution >= 4 is 5.69 Å². The van der Waals surface area contributed by atoms with Crippen LogP contribution in [0, 0.1) is 29.1 Å². The largest absolute Gasteiger partial charge is 0.486 e. The highest BCUT2D eigenvalue weighted by Gasteiger charge is 2.26. The Labute approximate surface area is 117 Å². The summed E-state index contributed by atoms with van der Waals surface area (Å²) in [7, 11) is 0. The molecule has 0 radical (unpaired) electrons. The van der Waals surface area contributed by atoms with Gasteiger partial charge in [0.1, 0.15) is 6.61 Å². The molecule has 0 atom stereocenters. The molecule has 2 rings (SSSR count). The predicted molar refractivity (Wildman–Crippen MR) is 66.7 cm³/mol. The molecule has 7 heteroatoms. The van der Waals surface area contributed by atoms with Crippen LogP contribution in [0.5, 0.6) is 5.75 Å². The van der Waals surface area contributed by atoms with E-state index in [0.29, 0.717) is 0 Å². The number of para-hydroxylation sites is 1. The van der Waals surface area contributed by atoms with Gasteiger partial charge in [0.25, 0.3) is 0 Å². The van der Waals surface area contributed by atoms with Crippen LogP contribution >= 0.6 is 0 Å². The summed E-state index contributed by atoms with van der Waals surface area (Å²) < 4.78 is 69.9. The molecular formula is C14H10F5NO. The van der Waals surface area contributed by atoms with E-state index in [2.05, 4.69) is 10.1 Å². The van der Waals surface area contributed by atoms with Crippen LogP contribution in [0.2, 0.25) is 0 Å². The minimum Gasteiger partial charge on any atom is -0.486 e. The Balaban J connectivity index is 2.01. The lowest BCUT2D eigenvalue weighted by Crippen LogP contribution is -2.14. The first-order chi connectivity index (χ1) is 10.0. The number of hydrogen-bond donors (Lipinski definition) is 1. The van der Waals surface area contributed by atoms with Gasteiger partial charge in [0, 0.05) is 12.2 Å². The number of ether oxygens (including phenoxy) is 1. The first kappa shape index (κ1) is 15.1. The third-order valence-corrected chi connectivity index (χ3v) is 2.62. The number of benzene rings is 2. The van der Waals surface area contributed by atoms with Gasteiger partial charge in [0.2, 0.25) is 29.1 Å². The van der Waals surface area contributed by atoms with Crippen molar-refractivity contribution in [3.8, 4) is 5.75 Å². The van der Waals surface area contributed by atoms with Gasteiger partial charge in [-0.05, 0) is 12.1 Å². The van der Waals surface area contributed by atoms with Crippen molar-refractivity contribution in [1.29, 1.82) is 0 Å². The fourth-order valence-electron chi connectivity index (χ4n) is 1.62. The van der Waals surface area contributed by atoms with Crippen molar-refractivity contribution in [1.82, 2.24) is 0 Å². The average molecular weight is 303 g/mol. The van der Waals surface area contributed by atoms with Gasteiger partial charge in [-0.15, -0.1) is 0 Å². The standard InChI is InChI=1S/C14H10F5NO/c15-9-10(16)12(18)14(13(19)11(9)17)21-7-6-20-8-4-2-1-3-5-8/h1-5,20H,6-7H2. The minimum absolute atomic E-state index is 0.128. The smallest absolute Gasteiger partial charge is 0.206 e. The van der Waals surface area contributed by atoms with Crippen molar-refractivity contribution in [3.05, 3.63) is 59.4 Å². The van der Waals surface area contributed by atoms with Gasteiger partial charge in [0.15, 0.2) is 5.75 Å². The second kappa shape index (κ2) is 6.43. The van der Waals surface area contributed by atoms with Crippen LogP contribution in [0.3, 0.4) is 0 Å². The maximum atomic E-state index is 13.3. The molecule has 2 nitrogen and oxygen atoms in total. The van der Waals surface area contributed by atoms with Gasteiger partial charge < -0.3 is 10.1 Å². The zero-order chi connectivity index (χ0) is 15.4. The zero-order valence-corrected chi connectivity index (χ0v) is 10.6. The first-order valence-electron chi connectivity index (χ1n) is 5.95. The lowest BCUT2D eigenvalue weighted by Gasteiger charge is -2.11. The molecule has 0 unspecified atom stereocenters. The minimum atomic E-state index is -2.21. The topological polar surface area (TPSA) is 21.3 Å². The molecular weight excluding hydrogens is 293 g/mol. The molecule has 0 saturated heterocycles. The third-order valence-electron chi connectivity index (χ3n) is 2.62. The van der Waals surface area contributed by atoms with Crippen LogP contribution in [-0.4, -0.2) is 13.2 Å². The van der Waals surface area contributed by atoms with Gasteiger partial charge in [-0.2, -0.15) is 8.78 Å². The molecule has 0 aliphatic carbocycles. The summed E-state index contributed by atoms with van der Waals surface area (Å²) in [4.78, 5) is 0. The average Bonchev–Trinajstić information content (AvgIpc) is 2.51. The van der Waals surface area contributed by atoms with Gasteiger partial charge in [-0.25, -0.2) is 13.2 Å². The lowest BCUT2D eigenvalue weighted by molar-refractivity contribution is 0.271. The van der Waals surface area contributed by atoms with Crippen LogP contribution < -0.4 is 10.1 Å². The quantitative estimate of drug-likeness (QED) is 0.392. The lowest BCUT2D eigenvalue weighted by atomic mass is 10.2. The molecule has 2 aromatic rings. The van der Waals surface area contributed by atoms with Crippen LogP contribution in [0.4, 0.5) is 27.6 Å². The van der Waals surface area contributed by atoms with Crippen LogP contribution in [-0.2, 0) is 0 Å². The van der Waals surface area contributed by atoms with E-state index in [1.54, 1.807) is 30.3 Å². The fourth-order valence-corrected chi connectivity index (χ4v) is 1.62. The molecule has 0 aliphatic heterocycles. The molecule has 112 valence electrons. The van der Waals surface area contributed by atoms with Gasteiger partial charge in [-0.3, -0.25) is 0 Å². The summed E-state index contributed by atoms with van der Waals surface area (Å²) in [5.41, 5.74) is 0.735. The summed E-state index contributed by atoms with van der Waals surface area (Å²) in [6, 6.07) is 8.84. The molecule has 2 aromatic carbocycles. The molecule has 0 aliphatic rings. The number of anilines is 1. The molecule has 0 bridgehead atoms. The van der Waals surface area contributed by atoms with E-state index in [9.17, 15) is 22.0 Å². The normalized spacial score (nSPS) is 10.5. The number of rotatable bonds is 5. The first-order valence-corrected chi connectivity index (χ1v) is 5.95. The van der Waals surface area contributed by atoms with Crippen LogP contribution in [0.15, 0.2) is 30.3 Å².